The minimum atomic E-state index is -0.444. The van der Waals surface area contributed by atoms with Gasteiger partial charge in [0.2, 0.25) is 0 Å². The third kappa shape index (κ3) is 4.46. The lowest BCUT2D eigenvalue weighted by atomic mass is 9.45. The molecule has 7 unspecified atom stereocenters. The molecule has 1 aliphatic heterocycles. The van der Waals surface area contributed by atoms with E-state index in [-0.39, 0.29) is 12.8 Å². The van der Waals surface area contributed by atoms with Crippen LogP contribution in [0.2, 0.25) is 0 Å². The van der Waals surface area contributed by atoms with Gasteiger partial charge in [-0.05, 0) is 105 Å². The van der Waals surface area contributed by atoms with Crippen LogP contribution in [0.25, 0.3) is 0 Å². The van der Waals surface area contributed by atoms with E-state index in [1.165, 1.54) is 64.2 Å². The van der Waals surface area contributed by atoms with Gasteiger partial charge in [-0.15, -0.1) is 5.06 Å². The lowest BCUT2D eigenvalue weighted by Crippen LogP contribution is -2.52. The Morgan fingerprint density at radius 2 is 1.59 bits per heavy atom. The second-order valence-electron chi connectivity index (χ2n) is 12.2. The van der Waals surface area contributed by atoms with Crippen molar-refractivity contribution in [2.24, 2.45) is 40.4 Å². The summed E-state index contributed by atoms with van der Waals surface area (Å²) in [6, 6.07) is 0. The third-order valence-corrected chi connectivity index (χ3v) is 10.9. The summed E-state index contributed by atoms with van der Waals surface area (Å²) in [6.07, 6.45) is 16.6. The van der Waals surface area contributed by atoms with Crippen molar-refractivity contribution in [2.75, 3.05) is 0 Å². The Morgan fingerprint density at radius 3 is 2.32 bits per heavy atom. The summed E-state index contributed by atoms with van der Waals surface area (Å²) >= 11 is 0. The molecule has 0 N–H and O–H groups in total. The van der Waals surface area contributed by atoms with E-state index in [0.29, 0.717) is 28.2 Å². The van der Waals surface area contributed by atoms with Crippen molar-refractivity contribution in [3.05, 3.63) is 0 Å². The smallest absolute Gasteiger partial charge is 0.330 e. The van der Waals surface area contributed by atoms with Crippen molar-refractivity contribution >= 4 is 17.8 Å². The van der Waals surface area contributed by atoms with Gasteiger partial charge in [-0.25, -0.2) is 4.79 Å². The number of carbonyl (C=O) groups is 3. The highest BCUT2D eigenvalue weighted by molar-refractivity contribution is 6.01. The number of imide groups is 1. The van der Waals surface area contributed by atoms with Gasteiger partial charge in [0.15, 0.2) is 0 Å². The molecule has 0 aromatic carbocycles. The fraction of sp³-hybridized carbons (Fsp3) is 0.897. The van der Waals surface area contributed by atoms with Crippen LogP contribution < -0.4 is 0 Å². The molecule has 7 atom stereocenters. The molecule has 0 aromatic rings. The first-order chi connectivity index (χ1) is 16.3. The van der Waals surface area contributed by atoms with Crippen molar-refractivity contribution in [1.29, 1.82) is 0 Å². The molecular formula is C29H47NO4. The molecule has 4 saturated carbocycles. The molecule has 5 fully saturated rings. The van der Waals surface area contributed by atoms with E-state index in [1.807, 2.05) is 13.8 Å². The molecule has 1 heterocycles. The predicted octanol–water partition coefficient (Wildman–Crippen LogP) is 6.84. The summed E-state index contributed by atoms with van der Waals surface area (Å²) in [6.45, 7) is 9.20. The molecule has 34 heavy (non-hydrogen) atoms. The Bertz CT molecular complexity index is 764. The van der Waals surface area contributed by atoms with Gasteiger partial charge in [0.05, 0.1) is 0 Å². The van der Waals surface area contributed by atoms with E-state index in [9.17, 15) is 14.4 Å². The zero-order valence-corrected chi connectivity index (χ0v) is 22.1. The maximum Gasteiger partial charge on any atom is 0.333 e. The Kier molecular flexibility index (Phi) is 7.79. The van der Waals surface area contributed by atoms with Gasteiger partial charge in [0.1, 0.15) is 0 Å². The number of fused-ring (bicyclic) bond motifs is 5. The number of amides is 2. The lowest BCUT2D eigenvalue weighted by molar-refractivity contribution is -0.197. The monoisotopic (exact) mass is 473 g/mol. The Labute approximate surface area is 206 Å². The zero-order chi connectivity index (χ0) is 24.5. The summed E-state index contributed by atoms with van der Waals surface area (Å²) in [5, 5.41) is 0.679. The molecule has 0 aromatic heterocycles. The second kappa shape index (κ2) is 10.3. The summed E-state index contributed by atoms with van der Waals surface area (Å²) in [4.78, 5) is 40.6. The summed E-state index contributed by atoms with van der Waals surface area (Å²) in [5.74, 6) is 3.13. The number of rotatable bonds is 5. The standard InChI is InChI=1S/C27H41NO4.C2H6/c1-26-16-4-3-6-18(26)9-11-20-21-12-10-19(27(21,2)17-15-22(20)26)7-5-8-25(31)32-28-23(29)13-14-24(28)30;1-2/h18-22H,3-17H2,1-2H3;1-2H3. The first-order valence-corrected chi connectivity index (χ1v) is 14.4. The highest BCUT2D eigenvalue weighted by Gasteiger charge is 2.59. The summed E-state index contributed by atoms with van der Waals surface area (Å²) < 4.78 is 0. The van der Waals surface area contributed by atoms with Crippen LogP contribution >= 0.6 is 0 Å². The van der Waals surface area contributed by atoms with Crippen LogP contribution in [0.5, 0.6) is 0 Å². The molecule has 5 rings (SSSR count). The topological polar surface area (TPSA) is 63.7 Å². The van der Waals surface area contributed by atoms with Crippen molar-refractivity contribution in [3.63, 3.8) is 0 Å². The number of hydrogen-bond acceptors (Lipinski definition) is 4. The minimum Gasteiger partial charge on any atom is -0.330 e. The molecule has 192 valence electrons. The first-order valence-electron chi connectivity index (χ1n) is 14.4. The Hall–Kier alpha value is -1.39. The SMILES string of the molecule is CC.CC12CCCCC1CCC1C2CCC2(C)C(CCCC(=O)ON3C(=O)CCC3=O)CCC12. The van der Waals surface area contributed by atoms with Crippen molar-refractivity contribution in [3.8, 4) is 0 Å². The molecule has 2 amide bonds. The van der Waals surface area contributed by atoms with Gasteiger partial charge in [-0.1, -0.05) is 40.5 Å². The van der Waals surface area contributed by atoms with Gasteiger partial charge < -0.3 is 4.84 Å². The number of carbonyl (C=O) groups excluding carboxylic acids is 3. The van der Waals surface area contributed by atoms with Crippen molar-refractivity contribution < 1.29 is 19.2 Å². The highest BCUT2D eigenvalue weighted by atomic mass is 16.7. The first kappa shape index (κ1) is 25.7. The molecule has 5 nitrogen and oxygen atoms in total. The van der Waals surface area contributed by atoms with Crippen LogP contribution in [0.3, 0.4) is 0 Å². The van der Waals surface area contributed by atoms with Crippen LogP contribution in [0.1, 0.15) is 124 Å². The third-order valence-electron chi connectivity index (χ3n) is 10.9. The van der Waals surface area contributed by atoms with E-state index in [1.54, 1.807) is 0 Å². The van der Waals surface area contributed by atoms with E-state index >= 15 is 0 Å². The van der Waals surface area contributed by atoms with E-state index < -0.39 is 17.8 Å². The Morgan fingerprint density at radius 1 is 0.882 bits per heavy atom. The minimum absolute atomic E-state index is 0.149. The van der Waals surface area contributed by atoms with Crippen molar-refractivity contribution in [2.45, 2.75) is 124 Å². The largest absolute Gasteiger partial charge is 0.333 e. The molecule has 5 aliphatic rings. The van der Waals surface area contributed by atoms with Crippen LogP contribution in [0.15, 0.2) is 0 Å². The van der Waals surface area contributed by atoms with E-state index in [2.05, 4.69) is 13.8 Å². The van der Waals surface area contributed by atoms with Gasteiger partial charge >= 0.3 is 5.97 Å². The predicted molar refractivity (Wildman–Crippen MR) is 132 cm³/mol. The molecular weight excluding hydrogens is 426 g/mol. The number of nitrogens with zero attached hydrogens (tertiary/aromatic N) is 1. The van der Waals surface area contributed by atoms with Crippen LogP contribution in [0.4, 0.5) is 0 Å². The van der Waals surface area contributed by atoms with Crippen molar-refractivity contribution in [1.82, 2.24) is 5.06 Å². The Balaban J connectivity index is 0.00000133. The average molecular weight is 474 g/mol. The van der Waals surface area contributed by atoms with E-state index in [4.69, 9.17) is 4.84 Å². The summed E-state index contributed by atoms with van der Waals surface area (Å²) in [7, 11) is 0. The van der Waals surface area contributed by atoms with E-state index in [0.717, 1.165) is 36.5 Å². The normalized spacial score (nSPS) is 41.2. The number of hydrogen-bond donors (Lipinski definition) is 0. The maximum atomic E-state index is 12.2. The van der Waals surface area contributed by atoms with Gasteiger partial charge in [0.25, 0.3) is 11.8 Å². The van der Waals surface area contributed by atoms with Crippen LogP contribution in [-0.2, 0) is 19.2 Å². The van der Waals surface area contributed by atoms with Gasteiger partial charge in [-0.3, -0.25) is 9.59 Å². The molecule has 0 spiro atoms. The van der Waals surface area contributed by atoms with Gasteiger partial charge in [0, 0.05) is 19.3 Å². The highest BCUT2D eigenvalue weighted by Crippen LogP contribution is 2.67. The molecule has 0 radical (unpaired) electrons. The molecule has 4 aliphatic carbocycles. The van der Waals surface area contributed by atoms with Crippen LogP contribution in [0, 0.1) is 40.4 Å². The quantitative estimate of drug-likeness (QED) is 0.410. The molecule has 5 heteroatoms. The second-order valence-corrected chi connectivity index (χ2v) is 12.2. The fourth-order valence-corrected chi connectivity index (χ4v) is 9.18. The maximum absolute atomic E-state index is 12.2. The average Bonchev–Trinajstić information content (AvgIpc) is 3.33. The molecule has 1 saturated heterocycles. The fourth-order valence-electron chi connectivity index (χ4n) is 9.18. The van der Waals surface area contributed by atoms with Crippen LogP contribution in [-0.4, -0.2) is 22.8 Å². The summed E-state index contributed by atoms with van der Waals surface area (Å²) in [5.41, 5.74) is 1.01. The lowest BCUT2D eigenvalue weighted by Gasteiger charge is -2.60. The molecule has 0 bridgehead atoms. The van der Waals surface area contributed by atoms with Gasteiger partial charge in [-0.2, -0.15) is 0 Å². The zero-order valence-electron chi connectivity index (χ0n) is 22.1. The number of hydroxylamine groups is 2.